The highest BCUT2D eigenvalue weighted by molar-refractivity contribution is 6.30. The van der Waals surface area contributed by atoms with Crippen molar-refractivity contribution in [2.45, 2.75) is 34.3 Å². The number of aromatic nitrogens is 2. The Morgan fingerprint density at radius 1 is 1.03 bits per heavy atom. The van der Waals surface area contributed by atoms with Crippen molar-refractivity contribution in [1.82, 2.24) is 9.78 Å². The summed E-state index contributed by atoms with van der Waals surface area (Å²) >= 11 is 5.88. The van der Waals surface area contributed by atoms with Crippen LogP contribution in [0.1, 0.15) is 31.9 Å². The molecule has 0 atom stereocenters. The number of hydrogen-bond donors (Lipinski definition) is 0. The number of benzene rings is 2. The van der Waals surface area contributed by atoms with Crippen LogP contribution in [-0.2, 0) is 6.61 Å². The average molecular weight is 413 g/mol. The molecule has 0 bridgehead atoms. The van der Waals surface area contributed by atoms with Crippen molar-refractivity contribution in [3.8, 4) is 17.2 Å². The van der Waals surface area contributed by atoms with Crippen molar-refractivity contribution >= 4 is 11.6 Å². The topological polar surface area (TPSA) is 53.4 Å². The number of halogens is 1. The Morgan fingerprint density at radius 3 is 2.38 bits per heavy atom. The van der Waals surface area contributed by atoms with Gasteiger partial charge in [0.15, 0.2) is 0 Å². The molecule has 0 fully saturated rings. The Bertz CT molecular complexity index is 1040. The van der Waals surface area contributed by atoms with Gasteiger partial charge in [-0.15, -0.1) is 0 Å². The van der Waals surface area contributed by atoms with Crippen LogP contribution in [0.3, 0.4) is 0 Å². The van der Waals surface area contributed by atoms with Crippen LogP contribution in [0.15, 0.2) is 59.5 Å². The van der Waals surface area contributed by atoms with Gasteiger partial charge in [-0.05, 0) is 53.8 Å². The van der Waals surface area contributed by atoms with Gasteiger partial charge < -0.3 is 9.47 Å². The summed E-state index contributed by atoms with van der Waals surface area (Å²) in [5.41, 5.74) is 2.40. The molecule has 3 rings (SSSR count). The summed E-state index contributed by atoms with van der Waals surface area (Å²) in [7, 11) is 0. The zero-order valence-corrected chi connectivity index (χ0v) is 17.9. The normalized spacial score (nSPS) is 11.3. The summed E-state index contributed by atoms with van der Waals surface area (Å²) in [6, 6.07) is 14.4. The fourth-order valence-corrected chi connectivity index (χ4v) is 2.76. The maximum atomic E-state index is 12.5. The molecule has 0 amide bonds. The molecule has 29 heavy (non-hydrogen) atoms. The number of hydrogen-bond acceptors (Lipinski definition) is 4. The lowest BCUT2D eigenvalue weighted by atomic mass is 9.98. The predicted molar refractivity (Wildman–Crippen MR) is 115 cm³/mol. The number of nitrogens with zero attached hydrogens (tertiary/aromatic N) is 2. The quantitative estimate of drug-likeness (QED) is 0.558. The third-order valence-corrected chi connectivity index (χ3v) is 4.41. The molecule has 0 saturated carbocycles. The fourth-order valence-electron chi connectivity index (χ4n) is 2.63. The van der Waals surface area contributed by atoms with Gasteiger partial charge in [-0.2, -0.15) is 9.78 Å². The van der Waals surface area contributed by atoms with Crippen LogP contribution in [0.2, 0.25) is 5.02 Å². The summed E-state index contributed by atoms with van der Waals surface area (Å²) in [6.07, 6.45) is 1.54. The lowest BCUT2D eigenvalue weighted by Crippen LogP contribution is -2.20. The van der Waals surface area contributed by atoms with Crippen molar-refractivity contribution in [1.29, 1.82) is 0 Å². The minimum atomic E-state index is -0.263. The van der Waals surface area contributed by atoms with E-state index in [9.17, 15) is 4.79 Å². The Labute approximate surface area is 175 Å². The molecular formula is C23H25ClN2O3. The van der Waals surface area contributed by atoms with E-state index in [0.29, 0.717) is 29.7 Å². The zero-order chi connectivity index (χ0) is 21.0. The highest BCUT2D eigenvalue weighted by Crippen LogP contribution is 2.23. The number of aryl methyl sites for hydroxylation is 1. The molecule has 0 unspecified atom stereocenters. The van der Waals surface area contributed by atoms with Crippen molar-refractivity contribution < 1.29 is 9.47 Å². The van der Waals surface area contributed by atoms with Gasteiger partial charge in [-0.3, -0.25) is 4.79 Å². The largest absolute Gasteiger partial charge is 0.493 e. The minimum Gasteiger partial charge on any atom is -0.493 e. The molecule has 1 aromatic heterocycles. The third-order valence-electron chi connectivity index (χ3n) is 4.16. The van der Waals surface area contributed by atoms with E-state index in [2.05, 4.69) is 25.9 Å². The van der Waals surface area contributed by atoms with Crippen LogP contribution in [-0.4, -0.2) is 16.4 Å². The highest BCUT2D eigenvalue weighted by atomic mass is 35.5. The van der Waals surface area contributed by atoms with Gasteiger partial charge >= 0.3 is 0 Å². The van der Waals surface area contributed by atoms with E-state index in [1.165, 1.54) is 16.9 Å². The van der Waals surface area contributed by atoms with Gasteiger partial charge in [-0.1, -0.05) is 44.5 Å². The zero-order valence-electron chi connectivity index (χ0n) is 17.1. The van der Waals surface area contributed by atoms with Crippen LogP contribution >= 0.6 is 11.6 Å². The SMILES string of the molecule is Cc1cc(-n2ncc(OCc3ccc(Cl)cc3)cc2=O)ccc1OCC(C)(C)C. The number of rotatable bonds is 6. The second-order valence-corrected chi connectivity index (χ2v) is 8.59. The number of ether oxygens (including phenoxy) is 2. The van der Waals surface area contributed by atoms with Crippen LogP contribution < -0.4 is 15.0 Å². The van der Waals surface area contributed by atoms with Crippen LogP contribution in [0, 0.1) is 12.3 Å². The molecule has 0 aliphatic carbocycles. The molecule has 0 saturated heterocycles. The summed E-state index contributed by atoms with van der Waals surface area (Å²) < 4.78 is 12.9. The molecule has 1 heterocycles. The second kappa shape index (κ2) is 8.70. The standard InChI is InChI=1S/C23H25ClN2O3/c1-16-11-19(9-10-21(16)29-15-23(2,3)4)26-22(27)12-20(13-25-26)28-14-17-5-7-18(24)8-6-17/h5-13H,14-15H2,1-4H3. The van der Waals surface area contributed by atoms with E-state index >= 15 is 0 Å². The molecule has 152 valence electrons. The van der Waals surface area contributed by atoms with Gasteiger partial charge in [-0.25, -0.2) is 0 Å². The van der Waals surface area contributed by atoms with Gasteiger partial charge in [0, 0.05) is 11.1 Å². The molecular weight excluding hydrogens is 388 g/mol. The summed E-state index contributed by atoms with van der Waals surface area (Å²) in [5.74, 6) is 1.22. The van der Waals surface area contributed by atoms with Gasteiger partial charge in [0.2, 0.25) is 0 Å². The van der Waals surface area contributed by atoms with E-state index in [0.717, 1.165) is 16.9 Å². The first kappa shape index (κ1) is 20.9. The fraction of sp³-hybridized carbons (Fsp3) is 0.304. The van der Waals surface area contributed by atoms with E-state index < -0.39 is 0 Å². The summed E-state index contributed by atoms with van der Waals surface area (Å²) in [5, 5.41) is 4.92. The molecule has 0 spiro atoms. The van der Waals surface area contributed by atoms with Gasteiger partial charge in [0.05, 0.1) is 18.5 Å². The maximum absolute atomic E-state index is 12.5. The molecule has 0 N–H and O–H groups in total. The molecule has 2 aromatic carbocycles. The first-order valence-electron chi connectivity index (χ1n) is 9.42. The van der Waals surface area contributed by atoms with Gasteiger partial charge in [0.25, 0.3) is 5.56 Å². The van der Waals surface area contributed by atoms with E-state index in [-0.39, 0.29) is 11.0 Å². The second-order valence-electron chi connectivity index (χ2n) is 8.16. The lowest BCUT2D eigenvalue weighted by Gasteiger charge is -2.20. The summed E-state index contributed by atoms with van der Waals surface area (Å²) in [4.78, 5) is 12.5. The third kappa shape index (κ3) is 5.84. The Balaban J connectivity index is 1.72. The van der Waals surface area contributed by atoms with Crippen molar-refractivity contribution in [3.05, 3.63) is 81.2 Å². The molecule has 0 aliphatic heterocycles. The predicted octanol–water partition coefficient (Wildman–Crippen LogP) is 5.20. The van der Waals surface area contributed by atoms with E-state index in [4.69, 9.17) is 21.1 Å². The van der Waals surface area contributed by atoms with E-state index in [1.807, 2.05) is 37.3 Å². The average Bonchev–Trinajstić information content (AvgIpc) is 2.66. The molecule has 3 aromatic rings. The van der Waals surface area contributed by atoms with Crippen LogP contribution in [0.25, 0.3) is 5.69 Å². The first-order valence-corrected chi connectivity index (χ1v) is 9.79. The van der Waals surface area contributed by atoms with Crippen LogP contribution in [0.5, 0.6) is 11.5 Å². The molecule has 6 heteroatoms. The molecule has 0 radical (unpaired) electrons. The maximum Gasteiger partial charge on any atom is 0.275 e. The molecule has 5 nitrogen and oxygen atoms in total. The van der Waals surface area contributed by atoms with Crippen molar-refractivity contribution in [3.63, 3.8) is 0 Å². The Morgan fingerprint density at radius 2 is 1.76 bits per heavy atom. The van der Waals surface area contributed by atoms with Crippen LogP contribution in [0.4, 0.5) is 0 Å². The Kier molecular flexibility index (Phi) is 6.28. The van der Waals surface area contributed by atoms with Gasteiger partial charge in [0.1, 0.15) is 18.1 Å². The van der Waals surface area contributed by atoms with E-state index in [1.54, 1.807) is 12.1 Å². The summed E-state index contributed by atoms with van der Waals surface area (Å²) in [6.45, 7) is 9.27. The first-order chi connectivity index (χ1) is 13.7. The van der Waals surface area contributed by atoms with Crippen molar-refractivity contribution in [2.75, 3.05) is 6.61 Å². The van der Waals surface area contributed by atoms with Crippen molar-refractivity contribution in [2.24, 2.45) is 5.41 Å². The smallest absolute Gasteiger partial charge is 0.275 e. The molecule has 0 aliphatic rings. The monoisotopic (exact) mass is 412 g/mol. The highest BCUT2D eigenvalue weighted by Gasteiger charge is 2.13. The lowest BCUT2D eigenvalue weighted by molar-refractivity contribution is 0.197. The Hall–Kier alpha value is -2.79. The minimum absolute atomic E-state index is 0.0748.